The smallest absolute Gasteiger partial charge is 0.272 e. The Hall–Kier alpha value is -4.15. The second-order valence-electron chi connectivity index (χ2n) is 7.91. The molecule has 0 saturated heterocycles. The van der Waals surface area contributed by atoms with Crippen molar-refractivity contribution in [1.82, 2.24) is 24.2 Å². The number of hydrogen-bond donors (Lipinski definition) is 0. The summed E-state index contributed by atoms with van der Waals surface area (Å²) in [5, 5.41) is 4.27. The Balaban J connectivity index is 1.67. The predicted octanol–water partition coefficient (Wildman–Crippen LogP) is 4.32. The van der Waals surface area contributed by atoms with E-state index < -0.39 is 41.5 Å². The lowest BCUT2D eigenvalue weighted by Crippen LogP contribution is -2.28. The average Bonchev–Trinajstić information content (AvgIpc) is 3.38. The highest BCUT2D eigenvalue weighted by Gasteiger charge is 2.23. The number of aryl methyl sites for hydroxylation is 2. The molecule has 0 fully saturated rings. The lowest BCUT2D eigenvalue weighted by atomic mass is 10.2. The highest BCUT2D eigenvalue weighted by molar-refractivity contribution is 5.93. The molecule has 35 heavy (non-hydrogen) atoms. The maximum absolute atomic E-state index is 14.0. The first-order valence-corrected chi connectivity index (χ1v) is 10.5. The van der Waals surface area contributed by atoms with Gasteiger partial charge >= 0.3 is 0 Å². The fourth-order valence-electron chi connectivity index (χ4n) is 3.63. The molecule has 4 aromatic rings. The number of amides is 1. The number of benzene rings is 2. The Morgan fingerprint density at radius 3 is 2.40 bits per heavy atom. The Morgan fingerprint density at radius 1 is 1.06 bits per heavy atom. The van der Waals surface area contributed by atoms with Crippen LogP contribution >= 0.6 is 0 Å². The van der Waals surface area contributed by atoms with E-state index in [1.54, 1.807) is 25.0 Å². The molecule has 0 unspecified atom stereocenters. The standard InChI is InChI=1S/C24H21F4N5O2/c1-14-15(12-32(3)30-14)11-31(2)24(34)20-10-29-21(33(20)17-6-4-16(25)5-7-17)13-35-23-19(27)9-8-18(26)22(23)28/h4-10,12H,11,13H2,1-3H3. The number of aromatic nitrogens is 4. The van der Waals surface area contributed by atoms with Gasteiger partial charge in [-0.25, -0.2) is 18.2 Å². The zero-order valence-corrected chi connectivity index (χ0v) is 19.1. The van der Waals surface area contributed by atoms with E-state index in [4.69, 9.17) is 4.74 Å². The Bertz CT molecular complexity index is 1380. The fraction of sp³-hybridized carbons (Fsp3) is 0.208. The van der Waals surface area contributed by atoms with Crippen LogP contribution in [0.1, 0.15) is 27.6 Å². The first-order chi connectivity index (χ1) is 16.7. The molecule has 182 valence electrons. The van der Waals surface area contributed by atoms with E-state index in [9.17, 15) is 22.4 Å². The van der Waals surface area contributed by atoms with Crippen molar-refractivity contribution in [3.05, 3.63) is 94.8 Å². The van der Waals surface area contributed by atoms with Crippen LogP contribution in [0.2, 0.25) is 0 Å². The number of ether oxygens (including phenoxy) is 1. The molecule has 0 N–H and O–H groups in total. The number of carbonyl (C=O) groups excluding carboxylic acids is 1. The van der Waals surface area contributed by atoms with Crippen molar-refractivity contribution < 1.29 is 27.1 Å². The van der Waals surface area contributed by atoms with E-state index in [1.807, 2.05) is 6.92 Å². The third-order valence-electron chi connectivity index (χ3n) is 5.36. The number of rotatable bonds is 7. The third kappa shape index (κ3) is 4.88. The van der Waals surface area contributed by atoms with Gasteiger partial charge in [0.05, 0.1) is 11.9 Å². The van der Waals surface area contributed by atoms with Crippen LogP contribution < -0.4 is 4.74 Å². The van der Waals surface area contributed by atoms with Crippen LogP contribution in [0, 0.1) is 30.2 Å². The van der Waals surface area contributed by atoms with Crippen molar-refractivity contribution in [2.75, 3.05) is 7.05 Å². The summed E-state index contributed by atoms with van der Waals surface area (Å²) in [6.45, 7) is 1.60. The quantitative estimate of drug-likeness (QED) is 0.288. The van der Waals surface area contributed by atoms with Crippen LogP contribution in [0.4, 0.5) is 17.6 Å². The van der Waals surface area contributed by atoms with Crippen LogP contribution in [-0.2, 0) is 20.2 Å². The Morgan fingerprint density at radius 2 is 1.74 bits per heavy atom. The lowest BCUT2D eigenvalue weighted by molar-refractivity contribution is 0.0776. The summed E-state index contributed by atoms with van der Waals surface area (Å²) in [6, 6.07) is 6.63. The molecular formula is C24H21F4N5O2. The highest BCUT2D eigenvalue weighted by Crippen LogP contribution is 2.26. The maximum atomic E-state index is 14.0. The van der Waals surface area contributed by atoms with Crippen LogP contribution in [0.25, 0.3) is 5.69 Å². The van der Waals surface area contributed by atoms with Crippen LogP contribution in [0.3, 0.4) is 0 Å². The summed E-state index contributed by atoms with van der Waals surface area (Å²) in [6.07, 6.45) is 3.09. The molecule has 1 amide bonds. The van der Waals surface area contributed by atoms with Crippen molar-refractivity contribution >= 4 is 5.91 Å². The molecule has 2 aromatic carbocycles. The van der Waals surface area contributed by atoms with Gasteiger partial charge in [0.25, 0.3) is 5.91 Å². The minimum atomic E-state index is -1.48. The van der Waals surface area contributed by atoms with Crippen LogP contribution in [-0.4, -0.2) is 37.2 Å². The zero-order valence-electron chi connectivity index (χ0n) is 19.1. The molecule has 0 saturated carbocycles. The summed E-state index contributed by atoms with van der Waals surface area (Å²) < 4.78 is 63.4. The van der Waals surface area contributed by atoms with E-state index >= 15 is 0 Å². The van der Waals surface area contributed by atoms with Crippen molar-refractivity contribution in [1.29, 1.82) is 0 Å². The molecule has 0 aliphatic carbocycles. The van der Waals surface area contributed by atoms with Gasteiger partial charge in [-0.05, 0) is 43.3 Å². The van der Waals surface area contributed by atoms with Crippen LogP contribution in [0.15, 0.2) is 48.8 Å². The van der Waals surface area contributed by atoms with E-state index in [0.717, 1.165) is 17.3 Å². The van der Waals surface area contributed by atoms with Gasteiger partial charge < -0.3 is 9.64 Å². The molecule has 11 heteroatoms. The van der Waals surface area contributed by atoms with E-state index in [1.165, 1.54) is 39.9 Å². The third-order valence-corrected chi connectivity index (χ3v) is 5.36. The molecule has 2 heterocycles. The summed E-state index contributed by atoms with van der Waals surface area (Å²) in [5.41, 5.74) is 2.10. The second-order valence-corrected chi connectivity index (χ2v) is 7.91. The normalized spacial score (nSPS) is 11.1. The largest absolute Gasteiger partial charge is 0.479 e. The summed E-state index contributed by atoms with van der Waals surface area (Å²) in [7, 11) is 3.38. The highest BCUT2D eigenvalue weighted by atomic mass is 19.2. The van der Waals surface area contributed by atoms with Gasteiger partial charge in [-0.2, -0.15) is 9.49 Å². The monoisotopic (exact) mass is 487 g/mol. The molecule has 0 aliphatic heterocycles. The van der Waals surface area contributed by atoms with Gasteiger partial charge in [-0.1, -0.05) is 0 Å². The molecule has 0 aliphatic rings. The number of halogens is 4. The molecule has 2 aromatic heterocycles. The van der Waals surface area contributed by atoms with Gasteiger partial charge in [0.15, 0.2) is 23.2 Å². The number of imidazole rings is 1. The van der Waals surface area contributed by atoms with E-state index in [-0.39, 0.29) is 18.1 Å². The first-order valence-electron chi connectivity index (χ1n) is 10.5. The minimum absolute atomic E-state index is 0.0916. The van der Waals surface area contributed by atoms with Gasteiger partial charge in [-0.15, -0.1) is 0 Å². The van der Waals surface area contributed by atoms with Crippen molar-refractivity contribution in [2.24, 2.45) is 7.05 Å². The number of hydrogen-bond acceptors (Lipinski definition) is 4. The molecular weight excluding hydrogens is 466 g/mol. The zero-order chi connectivity index (χ0) is 25.3. The predicted molar refractivity (Wildman–Crippen MR) is 118 cm³/mol. The van der Waals surface area contributed by atoms with E-state index in [0.29, 0.717) is 11.8 Å². The first kappa shape index (κ1) is 24.0. The molecule has 0 spiro atoms. The van der Waals surface area contributed by atoms with E-state index in [2.05, 4.69) is 10.1 Å². The maximum Gasteiger partial charge on any atom is 0.272 e. The Kier molecular flexibility index (Phi) is 6.59. The summed E-state index contributed by atoms with van der Waals surface area (Å²) in [5.74, 6) is -5.57. The average molecular weight is 487 g/mol. The molecule has 0 bridgehead atoms. The van der Waals surface area contributed by atoms with Crippen LogP contribution in [0.5, 0.6) is 5.75 Å². The number of carbonyl (C=O) groups is 1. The van der Waals surface area contributed by atoms with Gasteiger partial charge in [0, 0.05) is 38.1 Å². The molecule has 4 rings (SSSR count). The molecule has 0 radical (unpaired) electrons. The summed E-state index contributed by atoms with van der Waals surface area (Å²) in [4.78, 5) is 19.0. The van der Waals surface area contributed by atoms with Gasteiger partial charge in [0.2, 0.25) is 5.82 Å². The van der Waals surface area contributed by atoms with Gasteiger partial charge in [0.1, 0.15) is 18.1 Å². The topological polar surface area (TPSA) is 65.2 Å². The fourth-order valence-corrected chi connectivity index (χ4v) is 3.63. The molecule has 7 nitrogen and oxygen atoms in total. The lowest BCUT2D eigenvalue weighted by Gasteiger charge is -2.19. The van der Waals surface area contributed by atoms with Crippen molar-refractivity contribution in [3.63, 3.8) is 0 Å². The van der Waals surface area contributed by atoms with Gasteiger partial charge in [-0.3, -0.25) is 14.0 Å². The molecule has 0 atom stereocenters. The number of nitrogens with zero attached hydrogens (tertiary/aromatic N) is 5. The second kappa shape index (κ2) is 9.61. The summed E-state index contributed by atoms with van der Waals surface area (Å²) >= 11 is 0. The van der Waals surface area contributed by atoms with Crippen molar-refractivity contribution in [2.45, 2.75) is 20.1 Å². The van der Waals surface area contributed by atoms with Crippen molar-refractivity contribution in [3.8, 4) is 11.4 Å². The minimum Gasteiger partial charge on any atom is -0.479 e. The SMILES string of the molecule is Cc1nn(C)cc1CN(C)C(=O)c1cnc(COc2c(F)ccc(F)c2F)n1-c1ccc(F)cc1. The Labute approximate surface area is 198 Å².